The fourth-order valence-electron chi connectivity index (χ4n) is 4.87. The maximum atomic E-state index is 2.45. The predicted molar refractivity (Wildman–Crippen MR) is 144 cm³/mol. The van der Waals surface area contributed by atoms with Crippen LogP contribution in [0.3, 0.4) is 0 Å². The summed E-state index contributed by atoms with van der Waals surface area (Å²) in [4.78, 5) is 0. The zero-order chi connectivity index (χ0) is 22.9. The Hall–Kier alpha value is 0.250. The normalized spacial score (nSPS) is 11.6. The molecule has 0 aliphatic carbocycles. The highest BCUT2D eigenvalue weighted by Gasteiger charge is 2.13. The summed E-state index contributed by atoms with van der Waals surface area (Å²) in [7, 11) is 4.90. The molecule has 0 aromatic carbocycles. The molecule has 0 atom stereocenters. The standard InChI is InChI=1S/C30H64N.ClH/c1-5-7-9-11-13-15-16-17-18-19-20-21-22-24-26-28-30-31(3,4)29-27-25-23-14-12-10-8-6-2;/h5-30H2,1-4H3;1H/q+1;/p-1. The highest BCUT2D eigenvalue weighted by molar-refractivity contribution is 4.51. The van der Waals surface area contributed by atoms with Crippen LogP contribution in [0.15, 0.2) is 0 Å². The molecule has 32 heavy (non-hydrogen) atoms. The lowest BCUT2D eigenvalue weighted by atomic mass is 10.0. The van der Waals surface area contributed by atoms with E-state index in [-0.39, 0.29) is 12.4 Å². The van der Waals surface area contributed by atoms with Gasteiger partial charge in [0.25, 0.3) is 0 Å². The molecule has 2 heteroatoms. The molecule has 0 heterocycles. The zero-order valence-corrected chi connectivity index (χ0v) is 24.0. The first-order chi connectivity index (χ1) is 15.1. The van der Waals surface area contributed by atoms with Gasteiger partial charge in [0.1, 0.15) is 0 Å². The van der Waals surface area contributed by atoms with Gasteiger partial charge in [-0.05, 0) is 25.7 Å². The third-order valence-corrected chi connectivity index (χ3v) is 7.23. The molecule has 0 radical (unpaired) electrons. The Morgan fingerprint density at radius 2 is 0.500 bits per heavy atom. The maximum Gasteiger partial charge on any atom is 0.0782 e. The Labute approximate surface area is 211 Å². The van der Waals surface area contributed by atoms with Crippen molar-refractivity contribution in [2.45, 2.75) is 168 Å². The largest absolute Gasteiger partial charge is 1.00 e. The summed E-state index contributed by atoms with van der Waals surface area (Å²) in [5.74, 6) is 0. The van der Waals surface area contributed by atoms with E-state index in [9.17, 15) is 0 Å². The minimum Gasteiger partial charge on any atom is -1.00 e. The number of unbranched alkanes of at least 4 members (excludes halogenated alkanes) is 22. The average Bonchev–Trinajstić information content (AvgIpc) is 2.75. The summed E-state index contributed by atoms with van der Waals surface area (Å²) in [5.41, 5.74) is 0. The lowest BCUT2D eigenvalue weighted by molar-refractivity contribution is -0.890. The quantitative estimate of drug-likeness (QED) is 0.0902. The Morgan fingerprint density at radius 3 is 0.719 bits per heavy atom. The second kappa shape index (κ2) is 27.5. The highest BCUT2D eigenvalue weighted by atomic mass is 35.5. The fraction of sp³-hybridized carbons (Fsp3) is 1.00. The van der Waals surface area contributed by atoms with Crippen LogP contribution in [0.4, 0.5) is 0 Å². The lowest BCUT2D eigenvalue weighted by Crippen LogP contribution is -3.00. The van der Waals surface area contributed by atoms with Gasteiger partial charge in [0.15, 0.2) is 0 Å². The fourth-order valence-corrected chi connectivity index (χ4v) is 4.87. The Balaban J connectivity index is 0. The topological polar surface area (TPSA) is 0 Å². The van der Waals surface area contributed by atoms with Crippen LogP contribution < -0.4 is 12.4 Å². The van der Waals surface area contributed by atoms with Crippen molar-refractivity contribution < 1.29 is 16.9 Å². The lowest BCUT2D eigenvalue weighted by Gasteiger charge is -2.30. The summed E-state index contributed by atoms with van der Waals surface area (Å²) in [6.45, 7) is 7.38. The molecule has 0 aliphatic rings. The molecule has 196 valence electrons. The third kappa shape index (κ3) is 28.3. The first kappa shape index (κ1) is 34.4. The molecule has 0 fully saturated rings. The van der Waals surface area contributed by atoms with E-state index >= 15 is 0 Å². The van der Waals surface area contributed by atoms with Gasteiger partial charge in [-0.15, -0.1) is 0 Å². The van der Waals surface area contributed by atoms with Crippen molar-refractivity contribution in [2.75, 3.05) is 27.2 Å². The van der Waals surface area contributed by atoms with Crippen molar-refractivity contribution in [3.05, 3.63) is 0 Å². The molecule has 0 saturated carbocycles. The van der Waals surface area contributed by atoms with Crippen molar-refractivity contribution in [1.82, 2.24) is 0 Å². The van der Waals surface area contributed by atoms with Crippen LogP contribution in [0.2, 0.25) is 0 Å². The second-order valence-corrected chi connectivity index (χ2v) is 11.2. The molecule has 0 unspecified atom stereocenters. The van der Waals surface area contributed by atoms with Crippen molar-refractivity contribution in [2.24, 2.45) is 0 Å². The van der Waals surface area contributed by atoms with Crippen LogP contribution in [0.5, 0.6) is 0 Å². The van der Waals surface area contributed by atoms with Crippen LogP contribution in [0, 0.1) is 0 Å². The summed E-state index contributed by atoms with van der Waals surface area (Å²) < 4.78 is 1.24. The minimum atomic E-state index is 0. The smallest absolute Gasteiger partial charge is 0.0782 e. The number of hydrogen-bond acceptors (Lipinski definition) is 0. The monoisotopic (exact) mass is 473 g/mol. The summed E-state index contributed by atoms with van der Waals surface area (Å²) >= 11 is 0. The highest BCUT2D eigenvalue weighted by Crippen LogP contribution is 2.15. The molecular formula is C30H64ClN. The van der Waals surface area contributed by atoms with E-state index in [2.05, 4.69) is 27.9 Å². The van der Waals surface area contributed by atoms with Crippen LogP contribution in [-0.2, 0) is 0 Å². The molecular weight excluding hydrogens is 410 g/mol. The van der Waals surface area contributed by atoms with Crippen LogP contribution in [0.25, 0.3) is 0 Å². The number of rotatable bonds is 26. The van der Waals surface area contributed by atoms with Crippen molar-refractivity contribution >= 4 is 0 Å². The van der Waals surface area contributed by atoms with Gasteiger partial charge in [-0.3, -0.25) is 0 Å². The Morgan fingerprint density at radius 1 is 0.312 bits per heavy atom. The second-order valence-electron chi connectivity index (χ2n) is 11.2. The summed E-state index contributed by atoms with van der Waals surface area (Å²) in [6.07, 6.45) is 35.0. The summed E-state index contributed by atoms with van der Waals surface area (Å²) in [6, 6.07) is 0. The molecule has 0 saturated heterocycles. The van der Waals surface area contributed by atoms with Gasteiger partial charge >= 0.3 is 0 Å². The van der Waals surface area contributed by atoms with Crippen molar-refractivity contribution in [1.29, 1.82) is 0 Å². The van der Waals surface area contributed by atoms with E-state index in [4.69, 9.17) is 0 Å². The maximum absolute atomic E-state index is 2.45. The van der Waals surface area contributed by atoms with E-state index in [0.717, 1.165) is 0 Å². The molecule has 0 aliphatic heterocycles. The molecule has 0 amide bonds. The van der Waals surface area contributed by atoms with Gasteiger partial charge in [-0.1, -0.05) is 142 Å². The van der Waals surface area contributed by atoms with Crippen molar-refractivity contribution in [3.63, 3.8) is 0 Å². The molecule has 0 rings (SSSR count). The van der Waals surface area contributed by atoms with E-state index in [1.807, 2.05) is 0 Å². The predicted octanol–water partition coefficient (Wildman–Crippen LogP) is 7.47. The van der Waals surface area contributed by atoms with Gasteiger partial charge < -0.3 is 16.9 Å². The van der Waals surface area contributed by atoms with Crippen LogP contribution in [-0.4, -0.2) is 31.7 Å². The van der Waals surface area contributed by atoms with E-state index < -0.39 is 0 Å². The average molecular weight is 474 g/mol. The molecule has 0 aromatic heterocycles. The Kier molecular flexibility index (Phi) is 29.6. The van der Waals surface area contributed by atoms with Gasteiger partial charge in [0.05, 0.1) is 27.2 Å². The minimum absolute atomic E-state index is 0. The van der Waals surface area contributed by atoms with Crippen LogP contribution in [0.1, 0.15) is 168 Å². The molecule has 0 aromatic rings. The Bertz CT molecular complexity index is 329. The van der Waals surface area contributed by atoms with Gasteiger partial charge in [-0.2, -0.15) is 0 Å². The SMILES string of the molecule is CCCCCCCCCCCCCCCCCC[N+](C)(C)CCCCCCCCCC.[Cl-]. The number of quaternary nitrogens is 1. The first-order valence-electron chi connectivity index (χ1n) is 14.9. The van der Waals surface area contributed by atoms with E-state index in [0.29, 0.717) is 0 Å². The van der Waals surface area contributed by atoms with E-state index in [1.165, 1.54) is 172 Å². The number of hydrogen-bond donors (Lipinski definition) is 0. The number of nitrogens with zero attached hydrogens (tertiary/aromatic N) is 1. The summed E-state index contributed by atoms with van der Waals surface area (Å²) in [5, 5.41) is 0. The molecule has 0 bridgehead atoms. The van der Waals surface area contributed by atoms with Gasteiger partial charge in [0, 0.05) is 0 Å². The first-order valence-corrected chi connectivity index (χ1v) is 14.9. The molecule has 0 N–H and O–H groups in total. The van der Waals surface area contributed by atoms with Gasteiger partial charge in [-0.25, -0.2) is 0 Å². The van der Waals surface area contributed by atoms with Gasteiger partial charge in [0.2, 0.25) is 0 Å². The molecule has 1 nitrogen and oxygen atoms in total. The van der Waals surface area contributed by atoms with Crippen molar-refractivity contribution in [3.8, 4) is 0 Å². The third-order valence-electron chi connectivity index (χ3n) is 7.23. The zero-order valence-electron chi connectivity index (χ0n) is 23.2. The molecule has 0 spiro atoms. The van der Waals surface area contributed by atoms with E-state index in [1.54, 1.807) is 0 Å². The van der Waals surface area contributed by atoms with Crippen LogP contribution >= 0.6 is 0 Å². The number of halogens is 1.